The number of hydrogen-bond donors (Lipinski definition) is 1. The lowest BCUT2D eigenvalue weighted by molar-refractivity contribution is 1.06. The first kappa shape index (κ1) is 15.0. The molecular formula is C19H16N6. The quantitative estimate of drug-likeness (QED) is 0.617. The molecule has 0 saturated heterocycles. The zero-order valence-corrected chi connectivity index (χ0v) is 13.7. The van der Waals surface area contributed by atoms with Crippen LogP contribution in [-0.4, -0.2) is 24.5 Å². The van der Waals surface area contributed by atoms with Crippen LogP contribution in [0.4, 0.5) is 11.6 Å². The fourth-order valence-electron chi connectivity index (χ4n) is 2.51. The molecule has 0 spiro atoms. The number of imidazole rings is 1. The highest BCUT2D eigenvalue weighted by Crippen LogP contribution is 2.20. The van der Waals surface area contributed by atoms with Gasteiger partial charge < -0.3 is 9.88 Å². The van der Waals surface area contributed by atoms with Gasteiger partial charge in [0, 0.05) is 41.7 Å². The van der Waals surface area contributed by atoms with Crippen LogP contribution >= 0.6 is 0 Å². The van der Waals surface area contributed by atoms with E-state index in [2.05, 4.69) is 25.3 Å². The van der Waals surface area contributed by atoms with Crippen molar-refractivity contribution in [3.63, 3.8) is 0 Å². The standard InChI is InChI=1S/C19H16N6/c1-14-12-25(13-22-14)17-4-2-16(3-5-17)23-19-21-11-8-18(24-19)15-6-9-20-10-7-15/h2-13H,1H3,(H,21,23,24). The van der Waals surface area contributed by atoms with E-state index in [9.17, 15) is 0 Å². The van der Waals surface area contributed by atoms with Crippen LogP contribution in [0.15, 0.2) is 73.6 Å². The fraction of sp³-hybridized carbons (Fsp3) is 0.0526. The summed E-state index contributed by atoms with van der Waals surface area (Å²) in [5.74, 6) is 0.556. The second-order valence-electron chi connectivity index (χ2n) is 5.60. The molecule has 6 heteroatoms. The van der Waals surface area contributed by atoms with E-state index in [1.807, 2.05) is 60.2 Å². The van der Waals surface area contributed by atoms with Crippen molar-refractivity contribution in [3.8, 4) is 16.9 Å². The summed E-state index contributed by atoms with van der Waals surface area (Å²) < 4.78 is 1.99. The fourth-order valence-corrected chi connectivity index (χ4v) is 2.51. The Hall–Kier alpha value is -3.54. The van der Waals surface area contributed by atoms with Crippen molar-refractivity contribution in [1.29, 1.82) is 0 Å². The Morgan fingerprint density at radius 3 is 2.40 bits per heavy atom. The molecule has 1 aromatic carbocycles. The molecule has 6 nitrogen and oxygen atoms in total. The summed E-state index contributed by atoms with van der Waals surface area (Å²) in [6.07, 6.45) is 9.04. The van der Waals surface area contributed by atoms with Crippen LogP contribution in [0.1, 0.15) is 5.69 Å². The molecule has 0 saturated carbocycles. The first-order valence-electron chi connectivity index (χ1n) is 7.89. The second-order valence-corrected chi connectivity index (χ2v) is 5.60. The average molecular weight is 328 g/mol. The number of nitrogens with one attached hydrogen (secondary N) is 1. The Balaban J connectivity index is 1.54. The predicted molar refractivity (Wildman–Crippen MR) is 96.8 cm³/mol. The van der Waals surface area contributed by atoms with Gasteiger partial charge in [-0.25, -0.2) is 15.0 Å². The van der Waals surface area contributed by atoms with E-state index in [0.29, 0.717) is 5.95 Å². The predicted octanol–water partition coefficient (Wildman–Crippen LogP) is 3.78. The Labute approximate surface area is 145 Å². The lowest BCUT2D eigenvalue weighted by atomic mass is 10.2. The van der Waals surface area contributed by atoms with Crippen molar-refractivity contribution in [2.75, 3.05) is 5.32 Å². The monoisotopic (exact) mass is 328 g/mol. The highest BCUT2D eigenvalue weighted by Gasteiger charge is 2.03. The van der Waals surface area contributed by atoms with Gasteiger partial charge in [-0.15, -0.1) is 0 Å². The van der Waals surface area contributed by atoms with Crippen molar-refractivity contribution in [1.82, 2.24) is 24.5 Å². The number of anilines is 2. The normalized spacial score (nSPS) is 10.6. The first-order chi connectivity index (χ1) is 12.3. The van der Waals surface area contributed by atoms with Gasteiger partial charge in [0.15, 0.2) is 0 Å². The van der Waals surface area contributed by atoms with Gasteiger partial charge in [0.2, 0.25) is 5.95 Å². The van der Waals surface area contributed by atoms with Gasteiger partial charge in [-0.05, 0) is 49.4 Å². The van der Waals surface area contributed by atoms with Crippen LogP contribution < -0.4 is 5.32 Å². The molecule has 1 N–H and O–H groups in total. The maximum atomic E-state index is 4.56. The Kier molecular flexibility index (Phi) is 3.92. The molecule has 0 fully saturated rings. The van der Waals surface area contributed by atoms with Crippen LogP contribution in [0.25, 0.3) is 16.9 Å². The zero-order chi connectivity index (χ0) is 17.1. The van der Waals surface area contributed by atoms with E-state index in [1.165, 1.54) is 0 Å². The van der Waals surface area contributed by atoms with Crippen molar-refractivity contribution >= 4 is 11.6 Å². The Morgan fingerprint density at radius 2 is 1.68 bits per heavy atom. The van der Waals surface area contributed by atoms with E-state index < -0.39 is 0 Å². The summed E-state index contributed by atoms with van der Waals surface area (Å²) in [7, 11) is 0. The highest BCUT2D eigenvalue weighted by molar-refractivity contribution is 5.61. The van der Waals surface area contributed by atoms with Gasteiger partial charge in [0.25, 0.3) is 0 Å². The molecule has 0 aliphatic heterocycles. The summed E-state index contributed by atoms with van der Waals surface area (Å²) in [5, 5.41) is 3.24. The summed E-state index contributed by atoms with van der Waals surface area (Å²) in [5.41, 5.74) is 4.82. The van der Waals surface area contributed by atoms with Gasteiger partial charge in [-0.2, -0.15) is 0 Å². The van der Waals surface area contributed by atoms with Crippen molar-refractivity contribution in [3.05, 3.63) is 79.3 Å². The molecule has 0 aliphatic rings. The molecule has 0 amide bonds. The molecule has 122 valence electrons. The molecule has 0 bridgehead atoms. The van der Waals surface area contributed by atoms with E-state index in [4.69, 9.17) is 0 Å². The van der Waals surface area contributed by atoms with Crippen LogP contribution in [0.2, 0.25) is 0 Å². The number of aromatic nitrogens is 5. The minimum absolute atomic E-state index is 0.556. The van der Waals surface area contributed by atoms with Crippen LogP contribution in [0.3, 0.4) is 0 Å². The smallest absolute Gasteiger partial charge is 0.227 e. The minimum atomic E-state index is 0.556. The number of aryl methyl sites for hydroxylation is 1. The number of benzene rings is 1. The third-order valence-electron chi connectivity index (χ3n) is 3.76. The number of hydrogen-bond acceptors (Lipinski definition) is 5. The van der Waals surface area contributed by atoms with Gasteiger partial charge >= 0.3 is 0 Å². The maximum Gasteiger partial charge on any atom is 0.227 e. The van der Waals surface area contributed by atoms with E-state index >= 15 is 0 Å². The largest absolute Gasteiger partial charge is 0.324 e. The second kappa shape index (κ2) is 6.52. The molecule has 4 rings (SSSR count). The molecule has 0 unspecified atom stereocenters. The first-order valence-corrected chi connectivity index (χ1v) is 7.89. The molecule has 0 radical (unpaired) electrons. The third kappa shape index (κ3) is 3.37. The molecular weight excluding hydrogens is 312 g/mol. The molecule has 0 atom stereocenters. The number of nitrogens with zero attached hydrogens (tertiary/aromatic N) is 5. The van der Waals surface area contributed by atoms with Gasteiger partial charge in [-0.3, -0.25) is 4.98 Å². The Bertz CT molecular complexity index is 976. The maximum absolute atomic E-state index is 4.56. The van der Waals surface area contributed by atoms with Crippen LogP contribution in [0.5, 0.6) is 0 Å². The molecule has 3 heterocycles. The van der Waals surface area contributed by atoms with Gasteiger partial charge in [0.1, 0.15) is 0 Å². The van der Waals surface area contributed by atoms with Crippen LogP contribution in [0, 0.1) is 6.92 Å². The molecule has 3 aromatic heterocycles. The summed E-state index contributed by atoms with van der Waals surface area (Å²) in [4.78, 5) is 17.1. The van der Waals surface area contributed by atoms with Gasteiger partial charge in [0.05, 0.1) is 17.7 Å². The van der Waals surface area contributed by atoms with Crippen molar-refractivity contribution < 1.29 is 0 Å². The summed E-state index contributed by atoms with van der Waals surface area (Å²) >= 11 is 0. The Morgan fingerprint density at radius 1 is 0.880 bits per heavy atom. The van der Waals surface area contributed by atoms with E-state index in [-0.39, 0.29) is 0 Å². The van der Waals surface area contributed by atoms with Gasteiger partial charge in [-0.1, -0.05) is 0 Å². The van der Waals surface area contributed by atoms with E-state index in [0.717, 1.165) is 28.3 Å². The molecule has 4 aromatic rings. The van der Waals surface area contributed by atoms with Crippen molar-refractivity contribution in [2.24, 2.45) is 0 Å². The number of rotatable bonds is 4. The third-order valence-corrected chi connectivity index (χ3v) is 3.76. The van der Waals surface area contributed by atoms with Crippen LogP contribution in [-0.2, 0) is 0 Å². The minimum Gasteiger partial charge on any atom is -0.324 e. The lowest BCUT2D eigenvalue weighted by Crippen LogP contribution is -1.98. The van der Waals surface area contributed by atoms with E-state index in [1.54, 1.807) is 24.9 Å². The summed E-state index contributed by atoms with van der Waals surface area (Å²) in [6, 6.07) is 13.8. The topological polar surface area (TPSA) is 68.5 Å². The highest BCUT2D eigenvalue weighted by atomic mass is 15.1. The lowest BCUT2D eigenvalue weighted by Gasteiger charge is -2.08. The zero-order valence-electron chi connectivity index (χ0n) is 13.7. The SMILES string of the molecule is Cc1cn(-c2ccc(Nc3nccc(-c4ccncc4)n3)cc2)cn1. The number of pyridine rings is 1. The van der Waals surface area contributed by atoms with Crippen molar-refractivity contribution in [2.45, 2.75) is 6.92 Å². The molecule has 0 aliphatic carbocycles. The molecule has 25 heavy (non-hydrogen) atoms. The summed E-state index contributed by atoms with van der Waals surface area (Å²) in [6.45, 7) is 1.97. The average Bonchev–Trinajstić information content (AvgIpc) is 3.10.